The van der Waals surface area contributed by atoms with Gasteiger partial charge in [-0.1, -0.05) is 157 Å². The van der Waals surface area contributed by atoms with E-state index in [1.54, 1.807) is 0 Å². The van der Waals surface area contributed by atoms with Crippen molar-refractivity contribution < 1.29 is 42.8 Å². The summed E-state index contributed by atoms with van der Waals surface area (Å²) >= 11 is 0. The molecular weight excluding hydrogens is 641 g/mol. The Bertz CT molecular complexity index is 4810. The lowest BCUT2D eigenvalue weighted by molar-refractivity contribution is 0.669. The Kier molecular flexibility index (Phi) is 2.88. The summed E-state index contributed by atoms with van der Waals surface area (Å²) < 4.78 is 262. The van der Waals surface area contributed by atoms with Gasteiger partial charge in [0.25, 0.3) is 0 Å². The van der Waals surface area contributed by atoms with Gasteiger partial charge in [-0.2, -0.15) is 0 Å². The highest BCUT2D eigenvalue weighted by atomic mass is 16.3. The zero-order valence-corrected chi connectivity index (χ0v) is 27.4. The van der Waals surface area contributed by atoms with Gasteiger partial charge in [0.15, 0.2) is 0 Å². The van der Waals surface area contributed by atoms with Gasteiger partial charge < -0.3 is 4.42 Å². The molecule has 0 spiro atoms. The first-order valence-electron chi connectivity index (χ1n) is 30.2. The van der Waals surface area contributed by atoms with Crippen molar-refractivity contribution in [2.24, 2.45) is 0 Å². The molecule has 0 atom stereocenters. The molecule has 0 aliphatic heterocycles. The predicted molar refractivity (Wildman–Crippen MR) is 227 cm³/mol. The molecule has 0 unspecified atom stereocenters. The van der Waals surface area contributed by atoms with Gasteiger partial charge in [0.2, 0.25) is 0 Å². The summed E-state index contributed by atoms with van der Waals surface area (Å²) in [6, 6.07) is -23.1. The van der Waals surface area contributed by atoms with Crippen LogP contribution in [0.3, 0.4) is 0 Å². The SMILES string of the molecule is [2H]c1c([2H])c(-c2c3c([2H])c([2H])c([2H])c([2H])c3c(-c3c([2H])c([2H])c([2H])c4oc5c([2H])c6c([2H])c([2H])c([2H])c([2H])c6c(C)c5c34)c3c([2H])c([2H])c(C)c([2H])c23)c([2H])c([2H])c1-c1c([2H])c([2H])c2c([2H])c([2H])c3c([2H])c([2H])c([2H])c([2H])c3c2c1[2H]. The number of fused-ring (bicyclic) bond motifs is 9. The van der Waals surface area contributed by atoms with Gasteiger partial charge in [0.05, 0.1) is 38.4 Å². The second-order valence-corrected chi connectivity index (χ2v) is 12.3. The molecule has 1 heteroatoms. The third-order valence-corrected chi connectivity index (χ3v) is 9.26. The van der Waals surface area contributed by atoms with E-state index < -0.39 is 257 Å². The van der Waals surface area contributed by atoms with Crippen LogP contribution in [0.2, 0.25) is 0 Å². The number of hydrogen-bond acceptors (Lipinski definition) is 1. The third kappa shape index (κ3) is 4.51. The molecule has 0 saturated carbocycles. The van der Waals surface area contributed by atoms with Crippen LogP contribution in [0.25, 0.3) is 109 Å². The van der Waals surface area contributed by atoms with E-state index in [0.29, 0.717) is 0 Å². The first kappa shape index (κ1) is 13.4. The molecule has 0 saturated heterocycles. The summed E-state index contributed by atoms with van der Waals surface area (Å²) in [6.07, 6.45) is 0. The van der Waals surface area contributed by atoms with Gasteiger partial charge in [-0.05, 0) is 125 Å². The number of hydrogen-bond donors (Lipinski definition) is 0. The monoisotopic (exact) mass is 702 g/mol. The van der Waals surface area contributed by atoms with Crippen molar-refractivity contribution in [1.29, 1.82) is 0 Å². The van der Waals surface area contributed by atoms with E-state index in [0.717, 1.165) is 0 Å². The molecule has 0 radical (unpaired) electrons. The van der Waals surface area contributed by atoms with Gasteiger partial charge in [-0.15, -0.1) is 0 Å². The topological polar surface area (TPSA) is 13.1 Å². The summed E-state index contributed by atoms with van der Waals surface area (Å²) in [6.45, 7) is 2.67. The second-order valence-electron chi connectivity index (χ2n) is 12.3. The largest absolute Gasteiger partial charge is 0.456 e. The molecular formula is C52H34O. The Morgan fingerprint density at radius 1 is 0.377 bits per heavy atom. The highest BCUT2D eigenvalue weighted by Crippen LogP contribution is 2.48. The van der Waals surface area contributed by atoms with Crippen molar-refractivity contribution in [2.45, 2.75) is 13.8 Å². The maximum Gasteiger partial charge on any atom is 0.136 e. The van der Waals surface area contributed by atoms with Crippen LogP contribution in [-0.4, -0.2) is 0 Å². The second kappa shape index (κ2) is 11.4. The lowest BCUT2D eigenvalue weighted by atomic mass is 9.84. The smallest absolute Gasteiger partial charge is 0.136 e. The van der Waals surface area contributed by atoms with Crippen LogP contribution in [0.5, 0.6) is 0 Å². The van der Waals surface area contributed by atoms with E-state index >= 15 is 0 Å². The average molecular weight is 703 g/mol. The fraction of sp³-hybridized carbons (Fsp3) is 0.0385. The predicted octanol–water partition coefficient (Wildman–Crippen LogP) is 15.0. The first-order valence-corrected chi connectivity index (χ1v) is 16.2. The number of benzene rings is 10. The Morgan fingerprint density at radius 3 is 1.81 bits per heavy atom. The number of rotatable bonds is 3. The van der Waals surface area contributed by atoms with Crippen LogP contribution in [0.4, 0.5) is 0 Å². The lowest BCUT2D eigenvalue weighted by Crippen LogP contribution is -1.92. The number of aryl methyl sites for hydroxylation is 1. The first-order chi connectivity index (χ1) is 37.8. The van der Waals surface area contributed by atoms with Crippen LogP contribution in [-0.2, 0) is 0 Å². The van der Waals surface area contributed by atoms with Crippen LogP contribution < -0.4 is 0 Å². The molecule has 11 rings (SSSR count). The minimum Gasteiger partial charge on any atom is -0.456 e. The minimum absolute atomic E-state index is 0.00852. The van der Waals surface area contributed by atoms with Crippen molar-refractivity contribution in [1.82, 2.24) is 0 Å². The van der Waals surface area contributed by atoms with E-state index in [1.807, 2.05) is 0 Å². The van der Waals surface area contributed by atoms with E-state index in [4.69, 9.17) is 25.0 Å². The molecule has 0 bridgehead atoms. The molecule has 10 aromatic carbocycles. The van der Waals surface area contributed by atoms with Crippen molar-refractivity contribution in [2.75, 3.05) is 0 Å². The van der Waals surface area contributed by atoms with Crippen molar-refractivity contribution in [3.8, 4) is 33.4 Å². The molecule has 248 valence electrons. The summed E-state index contributed by atoms with van der Waals surface area (Å²) in [4.78, 5) is 0. The maximum atomic E-state index is 9.76. The van der Waals surface area contributed by atoms with Gasteiger partial charge in [0.1, 0.15) is 11.2 Å². The highest BCUT2D eigenvalue weighted by molar-refractivity contribution is 6.27. The Balaban J connectivity index is 1.37. The highest BCUT2D eigenvalue weighted by Gasteiger charge is 2.22. The Labute approximate surface area is 346 Å². The fourth-order valence-electron chi connectivity index (χ4n) is 6.94. The minimum atomic E-state index is -1.06. The molecule has 0 fully saturated rings. The molecule has 0 aliphatic rings. The molecule has 1 heterocycles. The number of furan rings is 1. The molecule has 11 aromatic rings. The molecule has 0 aliphatic carbocycles. The molecule has 1 aromatic heterocycles. The molecule has 0 N–H and O–H groups in total. The van der Waals surface area contributed by atoms with Crippen molar-refractivity contribution in [3.63, 3.8) is 0 Å². The van der Waals surface area contributed by atoms with E-state index in [9.17, 15) is 17.8 Å². The van der Waals surface area contributed by atoms with Gasteiger partial charge in [0, 0.05) is 10.8 Å². The van der Waals surface area contributed by atoms with Crippen LogP contribution in [0.1, 0.15) is 49.5 Å². The third-order valence-electron chi connectivity index (χ3n) is 9.26. The van der Waals surface area contributed by atoms with Gasteiger partial charge >= 0.3 is 0 Å². The summed E-state index contributed by atoms with van der Waals surface area (Å²) in [5.41, 5.74) is -5.27. The van der Waals surface area contributed by atoms with Crippen molar-refractivity contribution in [3.05, 3.63) is 180 Å². The van der Waals surface area contributed by atoms with E-state index in [-0.39, 0.29) is 32.7 Å². The van der Waals surface area contributed by atoms with Gasteiger partial charge in [-0.3, -0.25) is 0 Å². The lowest BCUT2D eigenvalue weighted by Gasteiger charge is -2.19. The van der Waals surface area contributed by atoms with E-state index in [1.165, 1.54) is 13.8 Å². The summed E-state index contributed by atoms with van der Waals surface area (Å²) in [7, 11) is 0. The zero-order chi connectivity index (χ0) is 59.6. The van der Waals surface area contributed by atoms with Gasteiger partial charge in [-0.25, -0.2) is 0 Å². The van der Waals surface area contributed by atoms with Crippen LogP contribution >= 0.6 is 0 Å². The average Bonchev–Trinajstić information content (AvgIpc) is 2.35. The van der Waals surface area contributed by atoms with Crippen LogP contribution in [0.15, 0.2) is 174 Å². The Morgan fingerprint density at radius 2 is 1.00 bits per heavy atom. The molecule has 53 heavy (non-hydrogen) atoms. The van der Waals surface area contributed by atoms with E-state index in [2.05, 4.69) is 0 Å². The molecule has 1 nitrogen and oxygen atoms in total. The fourth-order valence-corrected chi connectivity index (χ4v) is 6.94. The quantitative estimate of drug-likeness (QED) is 0.132. The Hall–Kier alpha value is -6.70. The standard InChI is InChI=1S/C52H34O/c1-31-18-27-43-46(28-31)50(36-24-19-33(20-25-36)37-26-23-35-22-21-34-10-3-6-13-40(34)45(35)29-37)41-14-7-8-15-42(41)51(43)44-16-9-17-47-52(44)49-32(2)39-12-5-4-11-38(39)30-48(49)53-47/h3-30H,1-2H3/i3D,4D,5D,6D,7D,8D,9D,10D,11D,12D,13D,14D,15D,16D,17D,18D,19D,20D,21D,22D,23D,24D,25D,26D,27D,28D,29D,30D. The van der Waals surface area contributed by atoms with Crippen LogP contribution in [0, 0.1) is 13.8 Å². The maximum absolute atomic E-state index is 9.76. The summed E-state index contributed by atoms with van der Waals surface area (Å²) in [5, 5.41) is -5.48. The molecule has 0 amide bonds. The van der Waals surface area contributed by atoms with Crippen molar-refractivity contribution >= 4 is 75.8 Å². The summed E-state index contributed by atoms with van der Waals surface area (Å²) in [5.74, 6) is 0. The zero-order valence-electron chi connectivity index (χ0n) is 55.4. The normalized spacial score (nSPS) is 19.4.